The van der Waals surface area contributed by atoms with Gasteiger partial charge in [-0.25, -0.2) is 4.39 Å². The summed E-state index contributed by atoms with van der Waals surface area (Å²) in [6.07, 6.45) is 10.3. The lowest BCUT2D eigenvalue weighted by molar-refractivity contribution is 0.459. The molecular formula is C18H30FN. The normalized spacial score (nSPS) is 12.6. The minimum atomic E-state index is -0.148. The summed E-state index contributed by atoms with van der Waals surface area (Å²) >= 11 is 0. The van der Waals surface area contributed by atoms with Crippen LogP contribution < -0.4 is 5.32 Å². The number of hydrogen-bond donors (Lipinski definition) is 1. The van der Waals surface area contributed by atoms with Gasteiger partial charge in [0.1, 0.15) is 5.82 Å². The molecule has 1 N–H and O–H groups in total. The minimum Gasteiger partial charge on any atom is -0.314 e. The van der Waals surface area contributed by atoms with Crippen LogP contribution in [-0.4, -0.2) is 12.6 Å². The first-order valence-electron chi connectivity index (χ1n) is 8.24. The second-order valence-corrected chi connectivity index (χ2v) is 5.64. The van der Waals surface area contributed by atoms with Gasteiger partial charge in [0.05, 0.1) is 0 Å². The van der Waals surface area contributed by atoms with E-state index in [1.165, 1.54) is 50.5 Å². The van der Waals surface area contributed by atoms with Gasteiger partial charge in [0.15, 0.2) is 0 Å². The lowest BCUT2D eigenvalue weighted by Crippen LogP contribution is -2.30. The van der Waals surface area contributed by atoms with Crippen LogP contribution in [0.25, 0.3) is 0 Å². The molecule has 0 aliphatic carbocycles. The van der Waals surface area contributed by atoms with Gasteiger partial charge in [-0.1, -0.05) is 64.5 Å². The molecule has 1 atom stereocenters. The Balaban J connectivity index is 2.27. The summed E-state index contributed by atoms with van der Waals surface area (Å²) < 4.78 is 12.9. The lowest BCUT2D eigenvalue weighted by Gasteiger charge is -2.18. The van der Waals surface area contributed by atoms with Gasteiger partial charge in [0, 0.05) is 6.04 Å². The van der Waals surface area contributed by atoms with Crippen LogP contribution in [0.4, 0.5) is 4.39 Å². The maximum absolute atomic E-state index is 12.9. The van der Waals surface area contributed by atoms with Crippen molar-refractivity contribution < 1.29 is 4.39 Å². The molecule has 0 aromatic heterocycles. The van der Waals surface area contributed by atoms with Crippen LogP contribution in [0.2, 0.25) is 0 Å². The summed E-state index contributed by atoms with van der Waals surface area (Å²) in [5, 5.41) is 3.55. The van der Waals surface area contributed by atoms with E-state index in [-0.39, 0.29) is 5.82 Å². The van der Waals surface area contributed by atoms with Crippen molar-refractivity contribution in [1.82, 2.24) is 5.32 Å². The first kappa shape index (κ1) is 17.2. The van der Waals surface area contributed by atoms with Crippen molar-refractivity contribution in [3.63, 3.8) is 0 Å². The predicted octanol–water partition coefficient (Wildman–Crippen LogP) is 5.10. The van der Waals surface area contributed by atoms with Crippen LogP contribution >= 0.6 is 0 Å². The molecule has 1 aromatic rings. The van der Waals surface area contributed by atoms with E-state index in [2.05, 4.69) is 19.2 Å². The maximum Gasteiger partial charge on any atom is 0.123 e. The third kappa shape index (κ3) is 7.64. The second-order valence-electron chi connectivity index (χ2n) is 5.64. The summed E-state index contributed by atoms with van der Waals surface area (Å²) in [5.74, 6) is -0.148. The van der Waals surface area contributed by atoms with Gasteiger partial charge in [0.2, 0.25) is 0 Å². The molecular weight excluding hydrogens is 249 g/mol. The zero-order valence-corrected chi connectivity index (χ0v) is 13.1. The van der Waals surface area contributed by atoms with Crippen LogP contribution in [0.1, 0.15) is 64.4 Å². The molecule has 0 bridgehead atoms. The van der Waals surface area contributed by atoms with Gasteiger partial charge in [-0.15, -0.1) is 0 Å². The van der Waals surface area contributed by atoms with Crippen molar-refractivity contribution in [1.29, 1.82) is 0 Å². The molecule has 1 rings (SSSR count). The molecule has 0 aliphatic heterocycles. The van der Waals surface area contributed by atoms with Crippen LogP contribution in [0.3, 0.4) is 0 Å². The molecule has 1 unspecified atom stereocenters. The molecule has 1 nitrogen and oxygen atoms in total. The Hall–Kier alpha value is -0.890. The van der Waals surface area contributed by atoms with Gasteiger partial charge in [0.25, 0.3) is 0 Å². The van der Waals surface area contributed by atoms with Crippen LogP contribution in [0.5, 0.6) is 0 Å². The highest BCUT2D eigenvalue weighted by atomic mass is 19.1. The summed E-state index contributed by atoms with van der Waals surface area (Å²) in [5.41, 5.74) is 1.23. The Morgan fingerprint density at radius 2 is 1.60 bits per heavy atom. The SMILES string of the molecule is CCCCCCCCC(Cc1ccc(F)cc1)NCC. The molecule has 0 heterocycles. The average molecular weight is 279 g/mol. The van der Waals surface area contributed by atoms with Gasteiger partial charge in [-0.05, 0) is 37.1 Å². The zero-order valence-electron chi connectivity index (χ0n) is 13.1. The number of nitrogens with one attached hydrogen (secondary N) is 1. The zero-order chi connectivity index (χ0) is 14.6. The van der Waals surface area contributed by atoms with E-state index in [9.17, 15) is 4.39 Å². The fourth-order valence-electron chi connectivity index (χ4n) is 2.64. The number of halogens is 1. The maximum atomic E-state index is 12.9. The Morgan fingerprint density at radius 3 is 2.25 bits per heavy atom. The third-order valence-corrected chi connectivity index (χ3v) is 3.79. The van der Waals surface area contributed by atoms with Crippen LogP contribution in [-0.2, 0) is 6.42 Å². The average Bonchev–Trinajstić information content (AvgIpc) is 2.45. The Morgan fingerprint density at radius 1 is 0.950 bits per heavy atom. The van der Waals surface area contributed by atoms with E-state index in [0.717, 1.165) is 13.0 Å². The summed E-state index contributed by atoms with van der Waals surface area (Å²) in [6.45, 7) is 5.41. The number of rotatable bonds is 11. The van der Waals surface area contributed by atoms with E-state index in [4.69, 9.17) is 0 Å². The van der Waals surface area contributed by atoms with Crippen molar-refractivity contribution in [2.24, 2.45) is 0 Å². The van der Waals surface area contributed by atoms with E-state index in [0.29, 0.717) is 6.04 Å². The monoisotopic (exact) mass is 279 g/mol. The number of benzene rings is 1. The largest absolute Gasteiger partial charge is 0.314 e. The quantitative estimate of drug-likeness (QED) is 0.556. The Kier molecular flexibility index (Phi) is 9.31. The van der Waals surface area contributed by atoms with Crippen molar-refractivity contribution in [2.75, 3.05) is 6.54 Å². The van der Waals surface area contributed by atoms with Crippen LogP contribution in [0.15, 0.2) is 24.3 Å². The molecule has 0 aliphatic rings. The van der Waals surface area contributed by atoms with E-state index in [1.807, 2.05) is 12.1 Å². The molecule has 0 fully saturated rings. The third-order valence-electron chi connectivity index (χ3n) is 3.79. The second kappa shape index (κ2) is 10.8. The van der Waals surface area contributed by atoms with Crippen molar-refractivity contribution in [2.45, 2.75) is 71.3 Å². The molecule has 0 saturated heterocycles. The van der Waals surface area contributed by atoms with Crippen molar-refractivity contribution in [3.05, 3.63) is 35.6 Å². The number of unbranched alkanes of at least 4 members (excludes halogenated alkanes) is 5. The molecule has 0 saturated carbocycles. The van der Waals surface area contributed by atoms with Crippen molar-refractivity contribution >= 4 is 0 Å². The summed E-state index contributed by atoms with van der Waals surface area (Å²) in [7, 11) is 0. The molecule has 0 amide bonds. The Labute approximate surface area is 124 Å². The van der Waals surface area contributed by atoms with E-state index in [1.54, 1.807) is 12.1 Å². The smallest absolute Gasteiger partial charge is 0.123 e. The number of likely N-dealkylation sites (N-methyl/N-ethyl adjacent to an activating group) is 1. The molecule has 2 heteroatoms. The molecule has 114 valence electrons. The highest BCUT2D eigenvalue weighted by molar-refractivity contribution is 5.17. The summed E-state index contributed by atoms with van der Waals surface area (Å²) in [4.78, 5) is 0. The predicted molar refractivity (Wildman–Crippen MR) is 85.6 cm³/mol. The highest BCUT2D eigenvalue weighted by Gasteiger charge is 2.08. The standard InChI is InChI=1S/C18H30FN/c1-3-5-6-7-8-9-10-18(20-4-2)15-16-11-13-17(19)14-12-16/h11-14,18,20H,3-10,15H2,1-2H3. The van der Waals surface area contributed by atoms with Crippen LogP contribution in [0, 0.1) is 5.82 Å². The van der Waals surface area contributed by atoms with Gasteiger partial charge in [-0.2, -0.15) is 0 Å². The number of hydrogen-bond acceptors (Lipinski definition) is 1. The molecule has 1 aromatic carbocycles. The Bertz CT molecular complexity index is 334. The lowest BCUT2D eigenvalue weighted by atomic mass is 9.99. The molecule has 0 radical (unpaired) electrons. The molecule has 20 heavy (non-hydrogen) atoms. The van der Waals surface area contributed by atoms with Gasteiger partial charge >= 0.3 is 0 Å². The topological polar surface area (TPSA) is 12.0 Å². The van der Waals surface area contributed by atoms with Crippen molar-refractivity contribution in [3.8, 4) is 0 Å². The fraction of sp³-hybridized carbons (Fsp3) is 0.667. The summed E-state index contributed by atoms with van der Waals surface area (Å²) in [6, 6.07) is 7.45. The minimum absolute atomic E-state index is 0.148. The van der Waals surface area contributed by atoms with E-state index < -0.39 is 0 Å². The van der Waals surface area contributed by atoms with E-state index >= 15 is 0 Å². The highest BCUT2D eigenvalue weighted by Crippen LogP contribution is 2.12. The fourth-order valence-corrected chi connectivity index (χ4v) is 2.64. The first-order chi connectivity index (χ1) is 9.76. The first-order valence-corrected chi connectivity index (χ1v) is 8.24. The van der Waals surface area contributed by atoms with Gasteiger partial charge < -0.3 is 5.32 Å². The van der Waals surface area contributed by atoms with Gasteiger partial charge in [-0.3, -0.25) is 0 Å². The molecule has 0 spiro atoms.